The Balaban J connectivity index is 1.81. The standard InChI is InChI=1S/C57H90O14/c1-3-5-7-9-11-13-15-17-19-21-23-24-26-28-30-32-34-36-38-40-49(59)69-46(43-66-41-39-37-35-33-31-29-27-25-22-20-18-16-14-12-10-8-6-4-2)44-67-56-55(65)53(63)51(61)48(71-56)45-68-57-54(64)52(62)50(60)47(42-58)70-57/h5-8,11-14,17-20,23-25,27-28,30-31,33,46-48,50-58,60-65H,3-4,9-10,15-16,21-22,26,29,32,34-45H2,1-2H3/b7-5-,8-6-,13-11-,14-12-,19-17-,20-18-,24-23-,27-25-,30-28-,33-31-. The van der Waals surface area contributed by atoms with Crippen molar-refractivity contribution in [3.8, 4) is 0 Å². The summed E-state index contributed by atoms with van der Waals surface area (Å²) in [7, 11) is 0. The number of aliphatic hydroxyl groups is 7. The zero-order valence-corrected chi connectivity index (χ0v) is 42.6. The van der Waals surface area contributed by atoms with Gasteiger partial charge in [-0.2, -0.15) is 0 Å². The van der Waals surface area contributed by atoms with Crippen LogP contribution in [0.2, 0.25) is 0 Å². The van der Waals surface area contributed by atoms with E-state index in [1.807, 2.05) is 0 Å². The monoisotopic (exact) mass is 999 g/mol. The third-order valence-electron chi connectivity index (χ3n) is 11.5. The highest BCUT2D eigenvalue weighted by Gasteiger charge is 2.47. The molecule has 2 aliphatic heterocycles. The van der Waals surface area contributed by atoms with Gasteiger partial charge in [-0.25, -0.2) is 0 Å². The van der Waals surface area contributed by atoms with Crippen molar-refractivity contribution in [1.29, 1.82) is 0 Å². The molecule has 402 valence electrons. The normalized spacial score (nSPS) is 26.3. The van der Waals surface area contributed by atoms with Crippen LogP contribution >= 0.6 is 0 Å². The molecule has 0 aromatic heterocycles. The molecule has 0 amide bonds. The molecule has 2 saturated heterocycles. The lowest BCUT2D eigenvalue weighted by atomic mass is 9.98. The van der Waals surface area contributed by atoms with Crippen LogP contribution in [-0.4, -0.2) is 142 Å². The molecule has 7 N–H and O–H groups in total. The molecule has 71 heavy (non-hydrogen) atoms. The Hall–Kier alpha value is -3.61. The van der Waals surface area contributed by atoms with E-state index >= 15 is 0 Å². The SMILES string of the molecule is CC/C=C\C/C=C\C/C=C\C/C=C\C/C=C\CCCCCC(=O)OC(COCCCC/C=C\C/C=C\C/C=C\C/C=C\C/C=C\CC)COC1OC(COC2OC(CO)C(O)C(O)C2O)C(O)C(O)C1O. The largest absolute Gasteiger partial charge is 0.457 e. The Labute approximate surface area is 425 Å². The molecule has 0 aliphatic carbocycles. The second kappa shape index (κ2) is 42.9. The third kappa shape index (κ3) is 30.3. The lowest BCUT2D eigenvalue weighted by Crippen LogP contribution is -2.61. The van der Waals surface area contributed by atoms with Gasteiger partial charge in [0.15, 0.2) is 12.6 Å². The molecule has 2 fully saturated rings. The molecule has 0 radical (unpaired) electrons. The second-order valence-corrected chi connectivity index (χ2v) is 17.6. The lowest BCUT2D eigenvalue weighted by molar-refractivity contribution is -0.332. The first-order chi connectivity index (χ1) is 34.6. The van der Waals surface area contributed by atoms with Crippen LogP contribution in [0.25, 0.3) is 0 Å². The minimum absolute atomic E-state index is 0.00905. The van der Waals surface area contributed by atoms with Crippen molar-refractivity contribution in [3.05, 3.63) is 122 Å². The van der Waals surface area contributed by atoms with E-state index in [-0.39, 0.29) is 19.6 Å². The van der Waals surface area contributed by atoms with E-state index < -0.39 is 86.7 Å². The van der Waals surface area contributed by atoms with Gasteiger partial charge in [-0.3, -0.25) is 4.79 Å². The zero-order valence-electron chi connectivity index (χ0n) is 42.6. The molecule has 2 heterocycles. The first-order valence-corrected chi connectivity index (χ1v) is 26.1. The van der Waals surface area contributed by atoms with Gasteiger partial charge in [0.25, 0.3) is 0 Å². The van der Waals surface area contributed by atoms with Gasteiger partial charge < -0.3 is 64.2 Å². The molecule has 2 aliphatic rings. The Morgan fingerprint density at radius 1 is 0.465 bits per heavy atom. The second-order valence-electron chi connectivity index (χ2n) is 17.6. The highest BCUT2D eigenvalue weighted by atomic mass is 16.7. The number of esters is 1. The smallest absolute Gasteiger partial charge is 0.306 e. The number of ether oxygens (including phenoxy) is 6. The predicted molar refractivity (Wildman–Crippen MR) is 279 cm³/mol. The van der Waals surface area contributed by atoms with Crippen LogP contribution in [0.3, 0.4) is 0 Å². The summed E-state index contributed by atoms with van der Waals surface area (Å²) >= 11 is 0. The van der Waals surface area contributed by atoms with Crippen molar-refractivity contribution in [2.24, 2.45) is 0 Å². The van der Waals surface area contributed by atoms with E-state index in [1.165, 1.54) is 0 Å². The number of allylic oxidation sites excluding steroid dienone is 20. The molecule has 14 heteroatoms. The molecule has 0 aromatic rings. The van der Waals surface area contributed by atoms with Crippen LogP contribution < -0.4 is 0 Å². The lowest BCUT2D eigenvalue weighted by Gasteiger charge is -2.42. The van der Waals surface area contributed by atoms with Gasteiger partial charge in [0.1, 0.15) is 54.9 Å². The Morgan fingerprint density at radius 2 is 0.873 bits per heavy atom. The summed E-state index contributed by atoms with van der Waals surface area (Å²) in [6.07, 6.45) is 42.6. The van der Waals surface area contributed by atoms with E-state index in [4.69, 9.17) is 28.4 Å². The van der Waals surface area contributed by atoms with E-state index in [0.717, 1.165) is 103 Å². The number of rotatable bonds is 39. The average molecular weight is 999 g/mol. The van der Waals surface area contributed by atoms with Crippen molar-refractivity contribution < 1.29 is 69.0 Å². The van der Waals surface area contributed by atoms with E-state index in [2.05, 4.69) is 135 Å². The molecule has 0 spiro atoms. The fourth-order valence-electron chi connectivity index (χ4n) is 7.28. The van der Waals surface area contributed by atoms with E-state index in [9.17, 15) is 40.5 Å². The first-order valence-electron chi connectivity index (χ1n) is 26.1. The molecule has 14 nitrogen and oxygen atoms in total. The van der Waals surface area contributed by atoms with Crippen molar-refractivity contribution in [3.63, 3.8) is 0 Å². The molecule has 2 rings (SSSR count). The minimum Gasteiger partial charge on any atom is -0.457 e. The Bertz CT molecular complexity index is 1630. The summed E-state index contributed by atoms with van der Waals surface area (Å²) in [5.74, 6) is -0.429. The summed E-state index contributed by atoms with van der Waals surface area (Å²) in [5.41, 5.74) is 0. The van der Waals surface area contributed by atoms with Crippen molar-refractivity contribution in [1.82, 2.24) is 0 Å². The summed E-state index contributed by atoms with van der Waals surface area (Å²) in [6.45, 7) is 3.26. The number of carbonyl (C=O) groups excluding carboxylic acids is 1. The molecule has 0 bridgehead atoms. The van der Waals surface area contributed by atoms with Gasteiger partial charge in [-0.15, -0.1) is 0 Å². The molecular weight excluding hydrogens is 909 g/mol. The van der Waals surface area contributed by atoms with Gasteiger partial charge in [0.2, 0.25) is 0 Å². The number of carbonyl (C=O) groups is 1. The van der Waals surface area contributed by atoms with Crippen LogP contribution in [0.15, 0.2) is 122 Å². The fraction of sp³-hybridized carbons (Fsp3) is 0.632. The van der Waals surface area contributed by atoms with Crippen molar-refractivity contribution >= 4 is 5.97 Å². The van der Waals surface area contributed by atoms with Crippen LogP contribution in [-0.2, 0) is 33.2 Å². The van der Waals surface area contributed by atoms with Crippen LogP contribution in [0.4, 0.5) is 0 Å². The van der Waals surface area contributed by atoms with Crippen molar-refractivity contribution in [2.75, 3.05) is 33.0 Å². The zero-order chi connectivity index (χ0) is 51.6. The average Bonchev–Trinajstić information content (AvgIpc) is 3.37. The highest BCUT2D eigenvalue weighted by Crippen LogP contribution is 2.26. The van der Waals surface area contributed by atoms with Crippen molar-refractivity contribution in [2.45, 2.75) is 197 Å². The topological polar surface area (TPSA) is 214 Å². The first kappa shape index (κ1) is 63.5. The van der Waals surface area contributed by atoms with Gasteiger partial charge >= 0.3 is 5.97 Å². The van der Waals surface area contributed by atoms with Crippen LogP contribution in [0.1, 0.15) is 129 Å². The third-order valence-corrected chi connectivity index (χ3v) is 11.5. The predicted octanol–water partition coefficient (Wildman–Crippen LogP) is 8.18. The number of aliphatic hydroxyl groups excluding tert-OH is 7. The Morgan fingerprint density at radius 3 is 1.34 bits per heavy atom. The number of unbranched alkanes of at least 4 members (excludes halogenated alkanes) is 5. The van der Waals surface area contributed by atoms with Gasteiger partial charge in [0, 0.05) is 13.0 Å². The summed E-state index contributed by atoms with van der Waals surface area (Å²) in [5, 5.41) is 72.2. The number of hydrogen-bond donors (Lipinski definition) is 7. The minimum atomic E-state index is -1.73. The molecule has 0 aromatic carbocycles. The molecule has 11 atom stereocenters. The van der Waals surface area contributed by atoms with E-state index in [1.54, 1.807) is 0 Å². The van der Waals surface area contributed by atoms with Crippen LogP contribution in [0, 0.1) is 0 Å². The highest BCUT2D eigenvalue weighted by molar-refractivity contribution is 5.69. The fourth-order valence-corrected chi connectivity index (χ4v) is 7.28. The summed E-state index contributed by atoms with van der Waals surface area (Å²) in [4.78, 5) is 13.0. The molecular formula is C57H90O14. The maximum absolute atomic E-state index is 13.0. The van der Waals surface area contributed by atoms with E-state index in [0.29, 0.717) is 13.0 Å². The van der Waals surface area contributed by atoms with Gasteiger partial charge in [0.05, 0.1) is 26.4 Å². The summed E-state index contributed by atoms with van der Waals surface area (Å²) in [6, 6.07) is 0. The summed E-state index contributed by atoms with van der Waals surface area (Å²) < 4.78 is 34.2. The Kier molecular flexibility index (Phi) is 38.3. The quantitative estimate of drug-likeness (QED) is 0.0176. The molecule has 11 unspecified atom stereocenters. The molecule has 0 saturated carbocycles. The van der Waals surface area contributed by atoms with Gasteiger partial charge in [-0.1, -0.05) is 142 Å². The van der Waals surface area contributed by atoms with Gasteiger partial charge in [-0.05, 0) is 103 Å². The van der Waals surface area contributed by atoms with Crippen LogP contribution in [0.5, 0.6) is 0 Å². The maximum Gasteiger partial charge on any atom is 0.306 e. The maximum atomic E-state index is 13.0. The number of hydrogen-bond acceptors (Lipinski definition) is 14.